The third-order valence-electron chi connectivity index (χ3n) is 4.47. The van der Waals surface area contributed by atoms with Crippen LogP contribution in [0.2, 0.25) is 0 Å². The van der Waals surface area contributed by atoms with Gasteiger partial charge in [-0.15, -0.1) is 11.3 Å². The summed E-state index contributed by atoms with van der Waals surface area (Å²) in [6.07, 6.45) is 0. The van der Waals surface area contributed by atoms with Crippen molar-refractivity contribution in [3.05, 3.63) is 96.1 Å². The highest BCUT2D eigenvalue weighted by atomic mass is 32.1. The van der Waals surface area contributed by atoms with Crippen LogP contribution in [-0.4, -0.2) is 0 Å². The van der Waals surface area contributed by atoms with Gasteiger partial charge in [-0.3, -0.25) is 0 Å². The standard InChI is InChI=1S/C24H20S/c1-17-8-12-20(13-9-17)23-16-22(19-6-4-3-5-7-19)24(25-23)21-14-10-18(2)11-15-21/h3-16H,1-2H3. The van der Waals surface area contributed by atoms with Crippen LogP contribution in [0.1, 0.15) is 11.1 Å². The third kappa shape index (κ3) is 3.29. The summed E-state index contributed by atoms with van der Waals surface area (Å²) in [5.41, 5.74) is 7.74. The topological polar surface area (TPSA) is 0 Å². The van der Waals surface area contributed by atoms with E-state index >= 15 is 0 Å². The number of hydrogen-bond donors (Lipinski definition) is 0. The Labute approximate surface area is 153 Å². The average Bonchev–Trinajstić information content (AvgIpc) is 3.09. The van der Waals surface area contributed by atoms with Crippen molar-refractivity contribution < 1.29 is 0 Å². The highest BCUT2D eigenvalue weighted by molar-refractivity contribution is 7.19. The predicted octanol–water partition coefficient (Wildman–Crippen LogP) is 7.37. The maximum Gasteiger partial charge on any atom is 0.0427 e. The summed E-state index contributed by atoms with van der Waals surface area (Å²) in [5.74, 6) is 0. The average molecular weight is 340 g/mol. The summed E-state index contributed by atoms with van der Waals surface area (Å²) < 4.78 is 0. The van der Waals surface area contributed by atoms with E-state index in [-0.39, 0.29) is 0 Å². The first-order valence-corrected chi connectivity index (χ1v) is 9.36. The van der Waals surface area contributed by atoms with Gasteiger partial charge in [-0.1, -0.05) is 90.0 Å². The van der Waals surface area contributed by atoms with E-state index in [1.54, 1.807) is 0 Å². The Morgan fingerprint density at radius 1 is 0.560 bits per heavy atom. The molecule has 122 valence electrons. The molecule has 0 saturated heterocycles. The van der Waals surface area contributed by atoms with Gasteiger partial charge in [-0.25, -0.2) is 0 Å². The number of hydrogen-bond acceptors (Lipinski definition) is 1. The van der Waals surface area contributed by atoms with Gasteiger partial charge in [0.05, 0.1) is 0 Å². The minimum absolute atomic E-state index is 1.27. The molecule has 0 atom stereocenters. The molecule has 0 bridgehead atoms. The molecule has 1 heteroatoms. The van der Waals surface area contributed by atoms with Crippen molar-refractivity contribution in [1.82, 2.24) is 0 Å². The summed E-state index contributed by atoms with van der Waals surface area (Å²) in [7, 11) is 0. The molecule has 25 heavy (non-hydrogen) atoms. The van der Waals surface area contributed by atoms with E-state index in [4.69, 9.17) is 0 Å². The molecule has 0 N–H and O–H groups in total. The third-order valence-corrected chi connectivity index (χ3v) is 5.70. The van der Waals surface area contributed by atoms with E-state index in [1.165, 1.54) is 43.1 Å². The van der Waals surface area contributed by atoms with Gasteiger partial charge in [0.25, 0.3) is 0 Å². The Morgan fingerprint density at radius 3 is 1.72 bits per heavy atom. The second kappa shape index (κ2) is 6.70. The van der Waals surface area contributed by atoms with Crippen LogP contribution in [0.3, 0.4) is 0 Å². The molecular formula is C24H20S. The fourth-order valence-electron chi connectivity index (χ4n) is 3.00. The van der Waals surface area contributed by atoms with Crippen LogP contribution in [0.4, 0.5) is 0 Å². The largest absolute Gasteiger partial charge is 0.135 e. The molecule has 0 radical (unpaired) electrons. The summed E-state index contributed by atoms with van der Waals surface area (Å²) in [5, 5.41) is 0. The Balaban J connectivity index is 1.89. The molecule has 1 heterocycles. The second-order valence-corrected chi connectivity index (χ2v) is 7.50. The molecule has 0 nitrogen and oxygen atoms in total. The van der Waals surface area contributed by atoms with Gasteiger partial charge in [0, 0.05) is 15.3 Å². The number of rotatable bonds is 3. The maximum absolute atomic E-state index is 2.33. The van der Waals surface area contributed by atoms with E-state index < -0.39 is 0 Å². The van der Waals surface area contributed by atoms with E-state index in [2.05, 4.69) is 98.8 Å². The van der Waals surface area contributed by atoms with Gasteiger partial charge in [-0.2, -0.15) is 0 Å². The van der Waals surface area contributed by atoms with Crippen LogP contribution >= 0.6 is 11.3 Å². The van der Waals surface area contributed by atoms with Gasteiger partial charge >= 0.3 is 0 Å². The van der Waals surface area contributed by atoms with Crippen molar-refractivity contribution in [1.29, 1.82) is 0 Å². The van der Waals surface area contributed by atoms with E-state index in [0.29, 0.717) is 0 Å². The minimum atomic E-state index is 1.27. The van der Waals surface area contributed by atoms with Crippen LogP contribution in [0.15, 0.2) is 84.9 Å². The van der Waals surface area contributed by atoms with Crippen molar-refractivity contribution in [2.75, 3.05) is 0 Å². The lowest BCUT2D eigenvalue weighted by Crippen LogP contribution is -1.79. The molecular weight excluding hydrogens is 320 g/mol. The zero-order valence-corrected chi connectivity index (χ0v) is 15.3. The maximum atomic E-state index is 2.33. The Bertz CT molecular complexity index is 975. The smallest absolute Gasteiger partial charge is 0.0427 e. The van der Waals surface area contributed by atoms with Gasteiger partial charge < -0.3 is 0 Å². The Hall–Kier alpha value is -2.64. The summed E-state index contributed by atoms with van der Waals surface area (Å²) in [6, 6.07) is 30.6. The lowest BCUT2D eigenvalue weighted by molar-refractivity contribution is 1.47. The van der Waals surface area contributed by atoms with Crippen molar-refractivity contribution in [3.8, 4) is 32.0 Å². The predicted molar refractivity (Wildman–Crippen MR) is 110 cm³/mol. The lowest BCUT2D eigenvalue weighted by Gasteiger charge is -2.04. The first-order valence-electron chi connectivity index (χ1n) is 8.54. The van der Waals surface area contributed by atoms with Gasteiger partial charge in [0.1, 0.15) is 0 Å². The number of aryl methyl sites for hydroxylation is 2. The van der Waals surface area contributed by atoms with Crippen molar-refractivity contribution >= 4 is 11.3 Å². The minimum Gasteiger partial charge on any atom is -0.135 e. The monoisotopic (exact) mass is 340 g/mol. The van der Waals surface area contributed by atoms with Crippen molar-refractivity contribution in [3.63, 3.8) is 0 Å². The summed E-state index contributed by atoms with van der Waals surface area (Å²) in [6.45, 7) is 4.26. The van der Waals surface area contributed by atoms with Crippen molar-refractivity contribution in [2.45, 2.75) is 13.8 Å². The zero-order valence-electron chi connectivity index (χ0n) is 14.5. The van der Waals surface area contributed by atoms with E-state index in [9.17, 15) is 0 Å². The molecule has 4 aromatic rings. The SMILES string of the molecule is Cc1ccc(-c2cc(-c3ccccc3)c(-c3ccc(C)cc3)s2)cc1. The molecule has 0 aliphatic rings. The highest BCUT2D eigenvalue weighted by Gasteiger charge is 2.14. The molecule has 0 fully saturated rings. The molecule has 1 aromatic heterocycles. The fourth-order valence-corrected chi connectivity index (χ4v) is 4.19. The van der Waals surface area contributed by atoms with Gasteiger partial charge in [0.2, 0.25) is 0 Å². The van der Waals surface area contributed by atoms with E-state index in [1.807, 2.05) is 11.3 Å². The molecule has 0 unspecified atom stereocenters. The highest BCUT2D eigenvalue weighted by Crippen LogP contribution is 2.43. The molecule has 0 saturated carbocycles. The molecule has 3 aromatic carbocycles. The Kier molecular flexibility index (Phi) is 4.25. The van der Waals surface area contributed by atoms with Gasteiger partial charge in [0.15, 0.2) is 0 Å². The second-order valence-electron chi connectivity index (χ2n) is 6.45. The van der Waals surface area contributed by atoms with Gasteiger partial charge in [-0.05, 0) is 36.6 Å². The summed E-state index contributed by atoms with van der Waals surface area (Å²) in [4.78, 5) is 2.65. The van der Waals surface area contributed by atoms with Crippen LogP contribution in [0, 0.1) is 13.8 Å². The zero-order chi connectivity index (χ0) is 17.2. The Morgan fingerprint density at radius 2 is 1.12 bits per heavy atom. The molecule has 0 amide bonds. The van der Waals surface area contributed by atoms with Crippen molar-refractivity contribution in [2.24, 2.45) is 0 Å². The van der Waals surface area contributed by atoms with Crippen LogP contribution in [-0.2, 0) is 0 Å². The van der Waals surface area contributed by atoms with E-state index in [0.717, 1.165) is 0 Å². The van der Waals surface area contributed by atoms with Crippen LogP contribution in [0.5, 0.6) is 0 Å². The number of thiophene rings is 1. The summed E-state index contributed by atoms with van der Waals surface area (Å²) >= 11 is 1.87. The van der Waals surface area contributed by atoms with Crippen LogP contribution in [0.25, 0.3) is 32.0 Å². The normalized spacial score (nSPS) is 10.8. The molecule has 0 spiro atoms. The fraction of sp³-hybridized carbons (Fsp3) is 0.0833. The molecule has 4 rings (SSSR count). The first-order chi connectivity index (χ1) is 12.2. The first kappa shape index (κ1) is 15.9. The quantitative estimate of drug-likeness (QED) is 0.365. The molecule has 0 aliphatic heterocycles. The number of benzene rings is 3. The molecule has 0 aliphatic carbocycles. The van der Waals surface area contributed by atoms with Crippen LogP contribution < -0.4 is 0 Å². The lowest BCUT2D eigenvalue weighted by atomic mass is 10.0.